The van der Waals surface area contributed by atoms with Crippen molar-refractivity contribution >= 4 is 5.91 Å². The molecule has 2 aliphatic heterocycles. The summed E-state index contributed by atoms with van der Waals surface area (Å²) in [6.07, 6.45) is 1.68. The van der Waals surface area contributed by atoms with Crippen LogP contribution in [-0.2, 0) is 0 Å². The Bertz CT molecular complexity index is 1040. The van der Waals surface area contributed by atoms with Crippen LogP contribution in [0.15, 0.2) is 60.8 Å². The summed E-state index contributed by atoms with van der Waals surface area (Å²) in [6, 6.07) is 16.5. The number of hydrogen-bond donors (Lipinski definition) is 0. The fourth-order valence-corrected chi connectivity index (χ4v) is 4.85. The molecule has 0 bridgehead atoms. The first-order valence-corrected chi connectivity index (χ1v) is 9.83. The van der Waals surface area contributed by atoms with Gasteiger partial charge in [0.2, 0.25) is 0 Å². The SMILES string of the molecule is CN1C[C@H]2CN(C(=O)c3cn(-c4ccccc4)nn3)C[C@H]2[C@@H]1c1cccc(F)c1. The normalized spacial score (nSPS) is 24.1. The van der Waals surface area contributed by atoms with Crippen molar-refractivity contribution < 1.29 is 9.18 Å². The number of fused-ring (bicyclic) bond motifs is 1. The van der Waals surface area contributed by atoms with Crippen LogP contribution in [0.5, 0.6) is 0 Å². The molecule has 3 heterocycles. The molecule has 29 heavy (non-hydrogen) atoms. The van der Waals surface area contributed by atoms with Crippen molar-refractivity contribution in [1.29, 1.82) is 0 Å². The minimum atomic E-state index is -0.220. The average molecular weight is 391 g/mol. The number of nitrogens with zero attached hydrogens (tertiary/aromatic N) is 5. The van der Waals surface area contributed by atoms with E-state index in [0.717, 1.165) is 17.8 Å². The minimum Gasteiger partial charge on any atom is -0.336 e. The first kappa shape index (κ1) is 18.0. The van der Waals surface area contributed by atoms with E-state index in [-0.39, 0.29) is 23.7 Å². The molecule has 2 fully saturated rings. The predicted molar refractivity (Wildman–Crippen MR) is 106 cm³/mol. The minimum absolute atomic E-state index is 0.0952. The van der Waals surface area contributed by atoms with Crippen LogP contribution in [0.2, 0.25) is 0 Å². The highest BCUT2D eigenvalue weighted by molar-refractivity contribution is 5.92. The molecule has 0 unspecified atom stereocenters. The van der Waals surface area contributed by atoms with E-state index in [2.05, 4.69) is 22.3 Å². The molecule has 7 heteroatoms. The highest BCUT2D eigenvalue weighted by Crippen LogP contribution is 2.44. The van der Waals surface area contributed by atoms with Crippen LogP contribution in [0.3, 0.4) is 0 Å². The lowest BCUT2D eigenvalue weighted by molar-refractivity contribution is 0.0762. The van der Waals surface area contributed by atoms with Crippen LogP contribution < -0.4 is 0 Å². The van der Waals surface area contributed by atoms with Gasteiger partial charge in [0.05, 0.1) is 11.9 Å². The van der Waals surface area contributed by atoms with E-state index in [4.69, 9.17) is 0 Å². The van der Waals surface area contributed by atoms with Crippen molar-refractivity contribution in [2.45, 2.75) is 6.04 Å². The van der Waals surface area contributed by atoms with Crippen molar-refractivity contribution in [1.82, 2.24) is 24.8 Å². The third kappa shape index (κ3) is 3.21. The smallest absolute Gasteiger partial charge is 0.276 e. The number of halogens is 1. The maximum absolute atomic E-state index is 13.8. The highest BCUT2D eigenvalue weighted by Gasteiger charge is 2.47. The van der Waals surface area contributed by atoms with Crippen molar-refractivity contribution in [3.05, 3.63) is 77.9 Å². The summed E-state index contributed by atoms with van der Waals surface area (Å²) in [5.74, 6) is 0.348. The molecule has 6 nitrogen and oxygen atoms in total. The van der Waals surface area contributed by atoms with Gasteiger partial charge in [-0.2, -0.15) is 0 Å². The third-order valence-electron chi connectivity index (χ3n) is 6.11. The first-order valence-electron chi connectivity index (χ1n) is 9.83. The zero-order valence-corrected chi connectivity index (χ0v) is 16.1. The molecule has 0 N–H and O–H groups in total. The van der Waals surface area contributed by atoms with E-state index >= 15 is 0 Å². The molecule has 1 aromatic heterocycles. The molecule has 1 amide bonds. The fraction of sp³-hybridized carbons (Fsp3) is 0.318. The number of rotatable bonds is 3. The van der Waals surface area contributed by atoms with Gasteiger partial charge < -0.3 is 4.90 Å². The lowest BCUT2D eigenvalue weighted by Crippen LogP contribution is -2.33. The molecule has 3 atom stereocenters. The Morgan fingerprint density at radius 3 is 2.69 bits per heavy atom. The molecule has 0 radical (unpaired) electrons. The lowest BCUT2D eigenvalue weighted by Gasteiger charge is -2.26. The molecule has 148 valence electrons. The Morgan fingerprint density at radius 2 is 1.90 bits per heavy atom. The molecule has 2 saturated heterocycles. The number of benzene rings is 2. The Hall–Kier alpha value is -3.06. The third-order valence-corrected chi connectivity index (χ3v) is 6.11. The van der Waals surface area contributed by atoms with E-state index in [1.54, 1.807) is 23.0 Å². The van der Waals surface area contributed by atoms with E-state index in [9.17, 15) is 9.18 Å². The van der Waals surface area contributed by atoms with E-state index in [1.807, 2.05) is 41.3 Å². The number of carbonyl (C=O) groups excluding carboxylic acids is 1. The maximum Gasteiger partial charge on any atom is 0.276 e. The lowest BCUT2D eigenvalue weighted by atomic mass is 9.89. The number of likely N-dealkylation sites (tertiary alicyclic amines) is 2. The second kappa shape index (κ2) is 7.08. The van der Waals surface area contributed by atoms with Crippen molar-refractivity contribution in [3.63, 3.8) is 0 Å². The topological polar surface area (TPSA) is 54.3 Å². The van der Waals surface area contributed by atoms with Crippen LogP contribution in [0.4, 0.5) is 4.39 Å². The van der Waals surface area contributed by atoms with Crippen LogP contribution in [0.1, 0.15) is 22.1 Å². The largest absolute Gasteiger partial charge is 0.336 e. The molecular weight excluding hydrogens is 369 g/mol. The zero-order chi connectivity index (χ0) is 20.0. The molecule has 0 saturated carbocycles. The molecule has 0 spiro atoms. The van der Waals surface area contributed by atoms with Gasteiger partial charge in [0.15, 0.2) is 5.69 Å². The second-order valence-electron chi connectivity index (χ2n) is 7.96. The molecular formula is C22H22FN5O. The van der Waals surface area contributed by atoms with Gasteiger partial charge in [-0.25, -0.2) is 9.07 Å². The molecule has 5 rings (SSSR count). The summed E-state index contributed by atoms with van der Waals surface area (Å²) in [6.45, 7) is 2.23. The van der Waals surface area contributed by atoms with Gasteiger partial charge >= 0.3 is 0 Å². The van der Waals surface area contributed by atoms with Crippen molar-refractivity contribution in [2.75, 3.05) is 26.7 Å². The summed E-state index contributed by atoms with van der Waals surface area (Å²) in [7, 11) is 2.07. The highest BCUT2D eigenvalue weighted by atomic mass is 19.1. The molecule has 2 aromatic carbocycles. The van der Waals surface area contributed by atoms with Crippen LogP contribution >= 0.6 is 0 Å². The fourth-order valence-electron chi connectivity index (χ4n) is 4.85. The van der Waals surface area contributed by atoms with Gasteiger partial charge in [0, 0.05) is 31.6 Å². The number of aromatic nitrogens is 3. The molecule has 0 aliphatic carbocycles. The van der Waals surface area contributed by atoms with Crippen LogP contribution in [0, 0.1) is 17.7 Å². The molecule has 3 aromatic rings. The number of amides is 1. The van der Waals surface area contributed by atoms with Gasteiger partial charge in [-0.05, 0) is 42.8 Å². The van der Waals surface area contributed by atoms with E-state index in [1.165, 1.54) is 6.07 Å². The van der Waals surface area contributed by atoms with Gasteiger partial charge in [-0.1, -0.05) is 35.5 Å². The average Bonchev–Trinajstić information content (AvgIpc) is 3.42. The Kier molecular flexibility index (Phi) is 4.39. The Balaban J connectivity index is 1.34. The van der Waals surface area contributed by atoms with Gasteiger partial charge in [-0.3, -0.25) is 9.69 Å². The first-order chi connectivity index (χ1) is 14.1. The summed E-state index contributed by atoms with van der Waals surface area (Å²) < 4.78 is 15.4. The standard InChI is InChI=1S/C22H22FN5O/c1-26-11-16-12-27(13-19(16)21(26)15-6-5-7-17(23)10-15)22(29)20-14-28(25-24-20)18-8-3-2-4-9-18/h2-10,14,16,19,21H,11-13H2,1H3/t16-,19+,21-/m0/s1. The second-order valence-corrected chi connectivity index (χ2v) is 7.96. The van der Waals surface area contributed by atoms with Crippen LogP contribution in [0.25, 0.3) is 5.69 Å². The monoisotopic (exact) mass is 391 g/mol. The number of carbonyl (C=O) groups is 1. The predicted octanol–water partition coefficient (Wildman–Crippen LogP) is 2.78. The Labute approximate surface area is 168 Å². The zero-order valence-electron chi connectivity index (χ0n) is 16.1. The van der Waals surface area contributed by atoms with Crippen molar-refractivity contribution in [3.8, 4) is 5.69 Å². The number of hydrogen-bond acceptors (Lipinski definition) is 4. The summed E-state index contributed by atoms with van der Waals surface area (Å²) >= 11 is 0. The van der Waals surface area contributed by atoms with E-state index in [0.29, 0.717) is 24.7 Å². The Morgan fingerprint density at radius 1 is 1.07 bits per heavy atom. The summed E-state index contributed by atoms with van der Waals surface area (Å²) in [5.41, 5.74) is 2.19. The molecule has 2 aliphatic rings. The van der Waals surface area contributed by atoms with Gasteiger partial charge in [-0.15, -0.1) is 5.10 Å². The van der Waals surface area contributed by atoms with E-state index < -0.39 is 0 Å². The van der Waals surface area contributed by atoms with Crippen LogP contribution in [-0.4, -0.2) is 57.4 Å². The quantitative estimate of drug-likeness (QED) is 0.689. The summed E-state index contributed by atoms with van der Waals surface area (Å²) in [4.78, 5) is 17.2. The summed E-state index contributed by atoms with van der Waals surface area (Å²) in [5, 5.41) is 8.20. The maximum atomic E-state index is 13.8. The van der Waals surface area contributed by atoms with Crippen molar-refractivity contribution in [2.24, 2.45) is 11.8 Å². The van der Waals surface area contributed by atoms with Gasteiger partial charge in [0.25, 0.3) is 5.91 Å². The van der Waals surface area contributed by atoms with Gasteiger partial charge in [0.1, 0.15) is 5.82 Å². The number of para-hydroxylation sites is 1.